The Kier molecular flexibility index (Phi) is 3.41. The van der Waals surface area contributed by atoms with E-state index >= 15 is 0 Å². The Morgan fingerprint density at radius 2 is 2.27 bits per heavy atom. The van der Waals surface area contributed by atoms with Crippen LogP contribution in [-0.4, -0.2) is 22.9 Å². The van der Waals surface area contributed by atoms with Crippen LogP contribution in [0, 0.1) is 0 Å². The Morgan fingerprint density at radius 1 is 1.53 bits per heavy atom. The van der Waals surface area contributed by atoms with Gasteiger partial charge < -0.3 is 5.32 Å². The second-order valence-electron chi connectivity index (χ2n) is 4.54. The van der Waals surface area contributed by atoms with Gasteiger partial charge in [0.15, 0.2) is 0 Å². The third-order valence-corrected chi connectivity index (χ3v) is 3.49. The van der Waals surface area contributed by atoms with E-state index in [1.165, 1.54) is 24.8 Å². The quantitative estimate of drug-likeness (QED) is 0.824. The Balaban J connectivity index is 2.05. The van der Waals surface area contributed by atoms with E-state index in [-0.39, 0.29) is 0 Å². The van der Waals surface area contributed by atoms with Crippen LogP contribution in [0.4, 0.5) is 0 Å². The fourth-order valence-corrected chi connectivity index (χ4v) is 2.11. The second kappa shape index (κ2) is 4.79. The van der Waals surface area contributed by atoms with Crippen molar-refractivity contribution in [2.24, 2.45) is 0 Å². The molecular formula is C12H21N3. The number of hydrogen-bond acceptors (Lipinski definition) is 2. The van der Waals surface area contributed by atoms with Crippen LogP contribution in [0.25, 0.3) is 0 Å². The van der Waals surface area contributed by atoms with Gasteiger partial charge in [0.1, 0.15) is 0 Å². The van der Waals surface area contributed by atoms with Crippen LogP contribution in [0.1, 0.15) is 50.6 Å². The zero-order chi connectivity index (χ0) is 10.7. The fraction of sp³-hybridized carbons (Fsp3) is 0.750. The van der Waals surface area contributed by atoms with Gasteiger partial charge in [-0.3, -0.25) is 4.68 Å². The molecule has 1 aromatic heterocycles. The van der Waals surface area contributed by atoms with Gasteiger partial charge in [0.25, 0.3) is 0 Å². The molecule has 1 fully saturated rings. The van der Waals surface area contributed by atoms with Crippen molar-refractivity contribution in [1.29, 1.82) is 0 Å². The van der Waals surface area contributed by atoms with Crippen LogP contribution < -0.4 is 5.32 Å². The van der Waals surface area contributed by atoms with E-state index in [4.69, 9.17) is 0 Å². The van der Waals surface area contributed by atoms with Crippen molar-refractivity contribution in [3.63, 3.8) is 0 Å². The van der Waals surface area contributed by atoms with Gasteiger partial charge in [0.2, 0.25) is 0 Å². The maximum atomic E-state index is 4.50. The van der Waals surface area contributed by atoms with E-state index in [1.807, 2.05) is 6.20 Å². The summed E-state index contributed by atoms with van der Waals surface area (Å²) in [6, 6.07) is 0.615. The molecule has 0 saturated carbocycles. The monoisotopic (exact) mass is 207 g/mol. The molecule has 3 heteroatoms. The predicted octanol–water partition coefficient (Wildman–Crippen LogP) is 2.32. The molecule has 0 spiro atoms. The minimum absolute atomic E-state index is 0.615. The molecule has 1 atom stereocenters. The molecule has 3 nitrogen and oxygen atoms in total. The fourth-order valence-electron chi connectivity index (χ4n) is 2.11. The molecule has 1 unspecified atom stereocenters. The van der Waals surface area contributed by atoms with Crippen molar-refractivity contribution in [3.8, 4) is 0 Å². The van der Waals surface area contributed by atoms with Gasteiger partial charge in [0.05, 0.1) is 12.2 Å². The molecule has 84 valence electrons. The summed E-state index contributed by atoms with van der Waals surface area (Å²) in [6.45, 7) is 6.75. The molecule has 0 aromatic carbocycles. The topological polar surface area (TPSA) is 29.9 Å². The minimum Gasteiger partial charge on any atom is -0.317 e. The first-order valence-electron chi connectivity index (χ1n) is 6.06. The molecule has 1 aliphatic rings. The van der Waals surface area contributed by atoms with Gasteiger partial charge in [-0.15, -0.1) is 0 Å². The molecule has 0 amide bonds. The van der Waals surface area contributed by atoms with Crippen molar-refractivity contribution < 1.29 is 0 Å². The number of piperidine rings is 1. The highest BCUT2D eigenvalue weighted by Crippen LogP contribution is 2.22. The molecule has 2 heterocycles. The molecule has 0 aliphatic carbocycles. The molecule has 1 N–H and O–H groups in total. The molecular weight excluding hydrogens is 186 g/mol. The average molecular weight is 207 g/mol. The molecule has 1 aliphatic heterocycles. The van der Waals surface area contributed by atoms with Crippen LogP contribution in [-0.2, 0) is 0 Å². The standard InChI is InChI=1S/C12H21N3/c1-3-10(2)11-8-14-15(9-11)12-4-6-13-7-5-12/h8-10,12-13H,3-7H2,1-2H3. The zero-order valence-corrected chi connectivity index (χ0v) is 9.74. The Labute approximate surface area is 91.9 Å². The third-order valence-electron chi connectivity index (χ3n) is 3.49. The van der Waals surface area contributed by atoms with E-state index in [1.54, 1.807) is 0 Å². The summed E-state index contributed by atoms with van der Waals surface area (Å²) in [5.74, 6) is 0.639. The van der Waals surface area contributed by atoms with Gasteiger partial charge >= 0.3 is 0 Å². The van der Waals surface area contributed by atoms with E-state index < -0.39 is 0 Å². The lowest BCUT2D eigenvalue weighted by molar-refractivity contribution is 0.343. The summed E-state index contributed by atoms with van der Waals surface area (Å²) in [7, 11) is 0. The molecule has 0 bridgehead atoms. The summed E-state index contributed by atoms with van der Waals surface area (Å²) in [4.78, 5) is 0. The highest BCUT2D eigenvalue weighted by Gasteiger charge is 2.16. The van der Waals surface area contributed by atoms with Crippen LogP contribution in [0.5, 0.6) is 0 Å². The zero-order valence-electron chi connectivity index (χ0n) is 9.74. The van der Waals surface area contributed by atoms with Crippen LogP contribution >= 0.6 is 0 Å². The molecule has 0 radical (unpaired) electrons. The summed E-state index contributed by atoms with van der Waals surface area (Å²) in [6.07, 6.45) is 7.89. The van der Waals surface area contributed by atoms with Crippen molar-refractivity contribution in [3.05, 3.63) is 18.0 Å². The lowest BCUT2D eigenvalue weighted by Crippen LogP contribution is -2.29. The van der Waals surface area contributed by atoms with Crippen molar-refractivity contribution in [2.75, 3.05) is 13.1 Å². The molecule has 15 heavy (non-hydrogen) atoms. The maximum absolute atomic E-state index is 4.50. The molecule has 1 saturated heterocycles. The number of nitrogens with one attached hydrogen (secondary N) is 1. The van der Waals surface area contributed by atoms with Gasteiger partial charge in [0, 0.05) is 6.20 Å². The Bertz CT molecular complexity index is 300. The predicted molar refractivity (Wildman–Crippen MR) is 62.1 cm³/mol. The van der Waals surface area contributed by atoms with E-state index in [0.717, 1.165) is 13.1 Å². The minimum atomic E-state index is 0.615. The molecule has 1 aromatic rings. The average Bonchev–Trinajstić information content (AvgIpc) is 2.78. The van der Waals surface area contributed by atoms with Crippen LogP contribution in [0.15, 0.2) is 12.4 Å². The highest BCUT2D eigenvalue weighted by atomic mass is 15.3. The van der Waals surface area contributed by atoms with Gasteiger partial charge in [-0.25, -0.2) is 0 Å². The number of nitrogens with zero attached hydrogens (tertiary/aromatic N) is 2. The lowest BCUT2D eigenvalue weighted by Gasteiger charge is -2.22. The summed E-state index contributed by atoms with van der Waals surface area (Å²) in [5, 5.41) is 7.88. The van der Waals surface area contributed by atoms with Crippen molar-refractivity contribution in [2.45, 2.75) is 45.1 Å². The van der Waals surface area contributed by atoms with Crippen molar-refractivity contribution in [1.82, 2.24) is 15.1 Å². The summed E-state index contributed by atoms with van der Waals surface area (Å²) in [5.41, 5.74) is 1.39. The third kappa shape index (κ3) is 2.40. The number of aromatic nitrogens is 2. The Hall–Kier alpha value is -0.830. The van der Waals surface area contributed by atoms with E-state index in [2.05, 4.69) is 35.1 Å². The van der Waals surface area contributed by atoms with Crippen molar-refractivity contribution >= 4 is 0 Å². The first kappa shape index (κ1) is 10.7. The first-order chi connectivity index (χ1) is 7.31. The van der Waals surface area contributed by atoms with Crippen LogP contribution in [0.3, 0.4) is 0 Å². The van der Waals surface area contributed by atoms with Gasteiger partial charge in [-0.2, -0.15) is 5.10 Å². The second-order valence-corrected chi connectivity index (χ2v) is 4.54. The maximum Gasteiger partial charge on any atom is 0.0543 e. The van der Waals surface area contributed by atoms with Gasteiger partial charge in [-0.05, 0) is 43.8 Å². The first-order valence-corrected chi connectivity index (χ1v) is 6.06. The number of hydrogen-bond donors (Lipinski definition) is 1. The smallest absolute Gasteiger partial charge is 0.0543 e. The Morgan fingerprint density at radius 3 is 2.93 bits per heavy atom. The summed E-state index contributed by atoms with van der Waals surface area (Å²) < 4.78 is 2.17. The van der Waals surface area contributed by atoms with Gasteiger partial charge in [-0.1, -0.05) is 13.8 Å². The molecule has 2 rings (SSSR count). The largest absolute Gasteiger partial charge is 0.317 e. The number of rotatable bonds is 3. The normalized spacial score (nSPS) is 20.4. The summed E-state index contributed by atoms with van der Waals surface area (Å²) >= 11 is 0. The van der Waals surface area contributed by atoms with Crippen LogP contribution in [0.2, 0.25) is 0 Å². The highest BCUT2D eigenvalue weighted by molar-refractivity contribution is 5.10. The van der Waals surface area contributed by atoms with E-state index in [9.17, 15) is 0 Å². The van der Waals surface area contributed by atoms with E-state index in [0.29, 0.717) is 12.0 Å². The SMILES string of the molecule is CCC(C)c1cnn(C2CCNCC2)c1. The lowest BCUT2D eigenvalue weighted by atomic mass is 10.0.